The van der Waals surface area contributed by atoms with Crippen molar-refractivity contribution < 1.29 is 0 Å². The van der Waals surface area contributed by atoms with Gasteiger partial charge in [-0.3, -0.25) is 4.90 Å². The lowest BCUT2D eigenvalue weighted by molar-refractivity contribution is 0.281. The highest BCUT2D eigenvalue weighted by Gasteiger charge is 2.07. The van der Waals surface area contributed by atoms with Gasteiger partial charge in [-0.2, -0.15) is 0 Å². The Bertz CT molecular complexity index is 1030. The maximum Gasteiger partial charge on any atom is 0.170 e. The van der Waals surface area contributed by atoms with E-state index in [0.29, 0.717) is 22.7 Å². The summed E-state index contributed by atoms with van der Waals surface area (Å²) in [4.78, 5) is 3.20. The summed E-state index contributed by atoms with van der Waals surface area (Å²) in [5.74, 6) is 0.641. The van der Waals surface area contributed by atoms with E-state index in [2.05, 4.69) is 74.9 Å². The fourth-order valence-electron chi connectivity index (χ4n) is 3.95. The maximum absolute atomic E-state index is 5.68. The van der Waals surface area contributed by atoms with Crippen molar-refractivity contribution >= 4 is 63.2 Å². The molecule has 0 aliphatic carbocycles. The van der Waals surface area contributed by atoms with E-state index in [9.17, 15) is 0 Å². The number of thiocarbonyl (C=S) groups is 3. The average molecular weight is 603 g/mol. The molecule has 2 aromatic rings. The molecule has 0 radical (unpaired) electrons. The van der Waals surface area contributed by atoms with E-state index in [1.807, 2.05) is 31.2 Å². The molecule has 8 N–H and O–H groups in total. The molecule has 220 valence electrons. The van der Waals surface area contributed by atoms with Crippen LogP contribution in [-0.2, 0) is 13.0 Å². The largest absolute Gasteiger partial charge is 0.379 e. The third-order valence-electron chi connectivity index (χ3n) is 6.01. The van der Waals surface area contributed by atoms with Gasteiger partial charge in [0.15, 0.2) is 10.2 Å². The summed E-state index contributed by atoms with van der Waals surface area (Å²) in [5.41, 5.74) is 10.0. The van der Waals surface area contributed by atoms with Crippen LogP contribution in [0.3, 0.4) is 0 Å². The van der Waals surface area contributed by atoms with Gasteiger partial charge >= 0.3 is 0 Å². The average Bonchev–Trinajstić information content (AvgIpc) is 2.91. The van der Waals surface area contributed by atoms with E-state index in [1.165, 1.54) is 5.56 Å². The van der Waals surface area contributed by atoms with Gasteiger partial charge in [-0.05, 0) is 79.1 Å². The number of nitrogens with zero attached hydrogens (tertiary/aromatic N) is 1. The number of anilines is 2. The molecular formula is C29H46N8S3. The molecule has 0 amide bonds. The first kappa shape index (κ1) is 33.8. The van der Waals surface area contributed by atoms with E-state index >= 15 is 0 Å². The molecular weight excluding hydrogens is 557 g/mol. The van der Waals surface area contributed by atoms with Crippen LogP contribution in [0.2, 0.25) is 0 Å². The Balaban J connectivity index is 1.76. The Morgan fingerprint density at radius 3 is 1.68 bits per heavy atom. The fraction of sp³-hybridized carbons (Fsp3) is 0.483. The summed E-state index contributed by atoms with van der Waals surface area (Å²) >= 11 is 16.1. The number of rotatable bonds is 17. The SMILES string of the molecule is CC(=S)NCCNCCN(CCNC(=S)Nc1ccc(CN)cc1)CCNC(=S)Nc1ccc(CC(C)C)cc1. The molecule has 2 aromatic carbocycles. The summed E-state index contributed by atoms with van der Waals surface area (Å²) in [6, 6.07) is 16.4. The molecule has 11 heteroatoms. The van der Waals surface area contributed by atoms with Crippen molar-refractivity contribution in [2.75, 3.05) is 63.0 Å². The van der Waals surface area contributed by atoms with Crippen molar-refractivity contribution in [3.8, 4) is 0 Å². The van der Waals surface area contributed by atoms with Crippen LogP contribution < -0.4 is 37.6 Å². The summed E-state index contributed by atoms with van der Waals surface area (Å²) < 4.78 is 0. The van der Waals surface area contributed by atoms with Gasteiger partial charge in [-0.1, -0.05) is 50.3 Å². The van der Waals surface area contributed by atoms with Crippen molar-refractivity contribution in [1.29, 1.82) is 0 Å². The zero-order valence-corrected chi connectivity index (χ0v) is 26.5. The predicted octanol–water partition coefficient (Wildman–Crippen LogP) is 3.45. The molecule has 40 heavy (non-hydrogen) atoms. The summed E-state index contributed by atoms with van der Waals surface area (Å²) in [6.07, 6.45) is 1.08. The van der Waals surface area contributed by atoms with Crippen LogP contribution in [0.1, 0.15) is 31.9 Å². The highest BCUT2D eigenvalue weighted by atomic mass is 32.1. The number of hydrogen-bond acceptors (Lipinski definition) is 6. The van der Waals surface area contributed by atoms with Crippen LogP contribution in [0.4, 0.5) is 11.4 Å². The third kappa shape index (κ3) is 15.4. The number of nitrogens with one attached hydrogen (secondary N) is 6. The van der Waals surface area contributed by atoms with Gasteiger partial charge in [0.25, 0.3) is 0 Å². The van der Waals surface area contributed by atoms with Crippen molar-refractivity contribution in [2.45, 2.75) is 33.7 Å². The lowest BCUT2D eigenvalue weighted by Gasteiger charge is -2.24. The molecule has 0 heterocycles. The first-order valence-corrected chi connectivity index (χ1v) is 15.1. The lowest BCUT2D eigenvalue weighted by Crippen LogP contribution is -2.43. The summed E-state index contributed by atoms with van der Waals surface area (Å²) in [6.45, 7) is 13.5. The van der Waals surface area contributed by atoms with E-state index in [0.717, 1.165) is 80.7 Å². The van der Waals surface area contributed by atoms with Crippen molar-refractivity contribution in [1.82, 2.24) is 26.2 Å². The van der Waals surface area contributed by atoms with Gasteiger partial charge in [-0.15, -0.1) is 0 Å². The molecule has 0 aromatic heterocycles. The van der Waals surface area contributed by atoms with Crippen LogP contribution in [0.25, 0.3) is 0 Å². The number of hydrogen-bond donors (Lipinski definition) is 7. The first-order chi connectivity index (χ1) is 19.2. The zero-order valence-electron chi connectivity index (χ0n) is 24.0. The normalized spacial score (nSPS) is 10.8. The second-order valence-corrected chi connectivity index (χ2v) is 11.5. The molecule has 0 fully saturated rings. The monoisotopic (exact) mass is 602 g/mol. The zero-order chi connectivity index (χ0) is 29.2. The molecule has 0 spiro atoms. The second-order valence-electron chi connectivity index (χ2n) is 10.0. The Hall–Kier alpha value is -2.41. The van der Waals surface area contributed by atoms with Gasteiger partial charge < -0.3 is 37.6 Å². The molecule has 0 saturated heterocycles. The number of benzene rings is 2. The molecule has 0 aliphatic rings. The second kappa shape index (κ2) is 19.6. The van der Waals surface area contributed by atoms with Crippen molar-refractivity contribution in [3.05, 3.63) is 59.7 Å². The van der Waals surface area contributed by atoms with Gasteiger partial charge in [0.2, 0.25) is 0 Å². The first-order valence-electron chi connectivity index (χ1n) is 13.9. The lowest BCUT2D eigenvalue weighted by atomic mass is 10.0. The fourth-order valence-corrected chi connectivity index (χ4v) is 4.49. The van der Waals surface area contributed by atoms with E-state index in [1.54, 1.807) is 0 Å². The van der Waals surface area contributed by atoms with Gasteiger partial charge in [0, 0.05) is 70.3 Å². The smallest absolute Gasteiger partial charge is 0.170 e. The Morgan fingerprint density at radius 2 is 1.20 bits per heavy atom. The van der Waals surface area contributed by atoms with Crippen molar-refractivity contribution in [2.24, 2.45) is 11.7 Å². The Labute approximate surface area is 256 Å². The summed E-state index contributed by atoms with van der Waals surface area (Å²) in [5, 5.41) is 21.0. The highest BCUT2D eigenvalue weighted by molar-refractivity contribution is 7.80. The minimum Gasteiger partial charge on any atom is -0.379 e. The van der Waals surface area contributed by atoms with E-state index in [-0.39, 0.29) is 0 Å². The van der Waals surface area contributed by atoms with Crippen molar-refractivity contribution in [3.63, 3.8) is 0 Å². The summed E-state index contributed by atoms with van der Waals surface area (Å²) in [7, 11) is 0. The predicted molar refractivity (Wildman–Crippen MR) is 183 cm³/mol. The standard InChI is InChI=1S/C29H46N8S3/c1-22(2)20-24-4-8-26(9-5-24)35-28(39)33-15-18-37(17-14-31-12-13-32-23(3)38)19-16-34-29(40)36-27-10-6-25(21-30)7-11-27/h4-11,22,31H,12-21,30H2,1-3H3,(H,32,38)(H2,33,35,39)(H2,34,36,40). The van der Waals surface area contributed by atoms with Crippen LogP contribution in [0, 0.1) is 5.92 Å². The molecule has 8 nitrogen and oxygen atoms in total. The topological polar surface area (TPSA) is 101 Å². The molecule has 0 unspecified atom stereocenters. The van der Waals surface area contributed by atoms with E-state index in [4.69, 9.17) is 42.4 Å². The minimum atomic E-state index is 0.525. The highest BCUT2D eigenvalue weighted by Crippen LogP contribution is 2.13. The van der Waals surface area contributed by atoms with E-state index < -0.39 is 0 Å². The van der Waals surface area contributed by atoms with Crippen LogP contribution >= 0.6 is 36.7 Å². The number of nitrogens with two attached hydrogens (primary N) is 1. The molecule has 0 atom stereocenters. The Morgan fingerprint density at radius 1 is 0.700 bits per heavy atom. The third-order valence-corrected chi connectivity index (χ3v) is 6.65. The molecule has 2 rings (SSSR count). The van der Waals surface area contributed by atoms with Gasteiger partial charge in [0.1, 0.15) is 0 Å². The molecule has 0 bridgehead atoms. The maximum atomic E-state index is 5.68. The minimum absolute atomic E-state index is 0.525. The quantitative estimate of drug-likeness (QED) is 0.107. The van der Waals surface area contributed by atoms with Crippen LogP contribution in [-0.4, -0.2) is 72.5 Å². The Kier molecular flexibility index (Phi) is 16.6. The van der Waals surface area contributed by atoms with Gasteiger partial charge in [-0.25, -0.2) is 0 Å². The molecule has 0 aliphatic heterocycles. The van der Waals surface area contributed by atoms with Crippen LogP contribution in [0.5, 0.6) is 0 Å². The van der Waals surface area contributed by atoms with Gasteiger partial charge in [0.05, 0.1) is 4.99 Å². The van der Waals surface area contributed by atoms with Crippen LogP contribution in [0.15, 0.2) is 48.5 Å². The molecule has 0 saturated carbocycles.